The summed E-state index contributed by atoms with van der Waals surface area (Å²) in [5, 5.41) is 1.66. The average molecular weight is 469 g/mol. The summed E-state index contributed by atoms with van der Waals surface area (Å²) in [4.78, 5) is 38.0. The lowest BCUT2D eigenvalue weighted by atomic mass is 10.1. The summed E-state index contributed by atoms with van der Waals surface area (Å²) in [6.45, 7) is 2.16. The molecule has 0 atom stereocenters. The van der Waals surface area contributed by atoms with Crippen LogP contribution in [0, 0.1) is 0 Å². The molecule has 1 fully saturated rings. The second-order valence-corrected chi connectivity index (χ2v) is 6.87. The fraction of sp³-hybridized carbons (Fsp3) is 0.190. The molecule has 11 heteroatoms. The van der Waals surface area contributed by atoms with Gasteiger partial charge in [0.1, 0.15) is 5.57 Å². The molecule has 32 heavy (non-hydrogen) atoms. The number of rotatable bonds is 5. The van der Waals surface area contributed by atoms with Crippen LogP contribution >= 0.6 is 11.6 Å². The zero-order valence-corrected chi connectivity index (χ0v) is 17.5. The van der Waals surface area contributed by atoms with E-state index in [1.807, 2.05) is 5.32 Å². The molecule has 0 aliphatic carbocycles. The van der Waals surface area contributed by atoms with E-state index < -0.39 is 40.8 Å². The van der Waals surface area contributed by atoms with Gasteiger partial charge in [-0.3, -0.25) is 14.9 Å². The van der Waals surface area contributed by atoms with Crippen LogP contribution < -0.4 is 19.7 Å². The number of carbonyl (C=O) groups excluding carboxylic acids is 3. The maximum atomic E-state index is 13.1. The van der Waals surface area contributed by atoms with E-state index in [9.17, 15) is 27.6 Å². The van der Waals surface area contributed by atoms with Crippen molar-refractivity contribution in [3.8, 4) is 11.5 Å². The number of urea groups is 1. The van der Waals surface area contributed by atoms with Gasteiger partial charge in [0.15, 0.2) is 11.5 Å². The van der Waals surface area contributed by atoms with E-state index in [0.29, 0.717) is 40.7 Å². The number of hydrogen-bond acceptors (Lipinski definition) is 5. The largest absolute Gasteiger partial charge is 0.493 e. The molecule has 2 aromatic carbocycles. The van der Waals surface area contributed by atoms with Crippen molar-refractivity contribution in [3.05, 3.63) is 58.1 Å². The zero-order chi connectivity index (χ0) is 23.6. The van der Waals surface area contributed by atoms with Gasteiger partial charge in [-0.25, -0.2) is 9.69 Å². The molecule has 0 aromatic heterocycles. The highest BCUT2D eigenvalue weighted by atomic mass is 35.5. The van der Waals surface area contributed by atoms with Crippen LogP contribution in [0.4, 0.5) is 23.7 Å². The molecular formula is C21H16ClF3N2O5. The summed E-state index contributed by atoms with van der Waals surface area (Å²) in [5.41, 5.74) is -1.75. The van der Waals surface area contributed by atoms with E-state index in [1.165, 1.54) is 19.3 Å². The van der Waals surface area contributed by atoms with Gasteiger partial charge in [-0.15, -0.1) is 0 Å². The molecule has 1 aliphatic rings. The number of barbiturate groups is 1. The number of nitrogens with one attached hydrogen (secondary N) is 1. The number of methoxy groups -OCH3 is 1. The number of alkyl halides is 3. The van der Waals surface area contributed by atoms with Crippen molar-refractivity contribution in [1.82, 2.24) is 5.32 Å². The first-order valence-electron chi connectivity index (χ1n) is 9.15. The molecule has 1 saturated heterocycles. The number of nitrogens with zero attached hydrogens (tertiary/aromatic N) is 1. The molecule has 3 rings (SSSR count). The maximum absolute atomic E-state index is 13.1. The molecular weight excluding hydrogens is 453 g/mol. The standard InChI is InChI=1S/C21H16ClF3N2O5/c1-3-32-16-7-4-11(9-17(16)31-2)8-13-18(28)26-20(30)27(19(13)29)15-10-12(21(23,24)25)5-6-14(15)22/h4-10H,3H2,1-2H3,(H,26,28,30)/b13-8-. The van der Waals surface area contributed by atoms with Gasteiger partial charge < -0.3 is 9.47 Å². The van der Waals surface area contributed by atoms with Gasteiger partial charge in [-0.1, -0.05) is 17.7 Å². The second kappa shape index (κ2) is 8.91. The van der Waals surface area contributed by atoms with Gasteiger partial charge in [0.2, 0.25) is 0 Å². The Bertz CT molecular complexity index is 1130. The summed E-state index contributed by atoms with van der Waals surface area (Å²) in [6.07, 6.45) is -3.56. The van der Waals surface area contributed by atoms with Gasteiger partial charge in [0, 0.05) is 0 Å². The first kappa shape index (κ1) is 23.1. The van der Waals surface area contributed by atoms with Gasteiger partial charge in [-0.2, -0.15) is 13.2 Å². The molecule has 7 nitrogen and oxygen atoms in total. The first-order valence-corrected chi connectivity index (χ1v) is 9.53. The van der Waals surface area contributed by atoms with E-state index >= 15 is 0 Å². The molecule has 0 spiro atoms. The molecule has 1 heterocycles. The lowest BCUT2D eigenvalue weighted by molar-refractivity contribution is -0.137. The predicted octanol–water partition coefficient (Wildman–Crippen LogP) is 4.43. The Kier molecular flexibility index (Phi) is 6.45. The Balaban J connectivity index is 2.05. The molecule has 0 unspecified atom stereocenters. The Morgan fingerprint density at radius 1 is 1.09 bits per heavy atom. The molecule has 2 aromatic rings. The van der Waals surface area contributed by atoms with Crippen LogP contribution in [0.1, 0.15) is 18.1 Å². The third-order valence-electron chi connectivity index (χ3n) is 4.41. The Morgan fingerprint density at radius 3 is 2.44 bits per heavy atom. The zero-order valence-electron chi connectivity index (χ0n) is 16.7. The smallest absolute Gasteiger partial charge is 0.416 e. The fourth-order valence-electron chi connectivity index (χ4n) is 2.95. The number of ether oxygens (including phenoxy) is 2. The third kappa shape index (κ3) is 4.54. The molecule has 0 bridgehead atoms. The van der Waals surface area contributed by atoms with Crippen molar-refractivity contribution in [2.75, 3.05) is 18.6 Å². The van der Waals surface area contributed by atoms with E-state index in [2.05, 4.69) is 0 Å². The van der Waals surface area contributed by atoms with Crippen LogP contribution in [-0.4, -0.2) is 31.6 Å². The first-order chi connectivity index (χ1) is 15.1. The van der Waals surface area contributed by atoms with Gasteiger partial charge in [0.05, 0.1) is 30.0 Å². The molecule has 1 aliphatic heterocycles. The van der Waals surface area contributed by atoms with Gasteiger partial charge >= 0.3 is 12.2 Å². The monoisotopic (exact) mass is 468 g/mol. The van der Waals surface area contributed by atoms with Crippen LogP contribution in [0.3, 0.4) is 0 Å². The number of imide groups is 2. The highest BCUT2D eigenvalue weighted by Gasteiger charge is 2.39. The van der Waals surface area contributed by atoms with Crippen molar-refractivity contribution < 1.29 is 37.0 Å². The summed E-state index contributed by atoms with van der Waals surface area (Å²) >= 11 is 5.97. The van der Waals surface area contributed by atoms with Crippen LogP contribution in [-0.2, 0) is 15.8 Å². The number of halogens is 4. The predicted molar refractivity (Wildman–Crippen MR) is 110 cm³/mol. The minimum absolute atomic E-state index is 0.280. The minimum Gasteiger partial charge on any atom is -0.493 e. The van der Waals surface area contributed by atoms with Crippen molar-refractivity contribution in [2.45, 2.75) is 13.1 Å². The number of carbonyl (C=O) groups is 3. The minimum atomic E-state index is -4.73. The molecule has 4 amide bonds. The quantitative estimate of drug-likeness (QED) is 0.518. The number of hydrogen-bond donors (Lipinski definition) is 1. The Labute approximate surface area is 185 Å². The number of anilines is 1. The van der Waals surface area contributed by atoms with E-state index in [-0.39, 0.29) is 5.02 Å². The Hall–Kier alpha value is -3.53. The highest BCUT2D eigenvalue weighted by molar-refractivity contribution is 6.42. The van der Waals surface area contributed by atoms with Crippen LogP contribution in [0.5, 0.6) is 11.5 Å². The molecule has 168 valence electrons. The summed E-state index contributed by atoms with van der Waals surface area (Å²) in [7, 11) is 1.41. The fourth-order valence-corrected chi connectivity index (χ4v) is 3.15. The van der Waals surface area contributed by atoms with E-state index in [0.717, 1.165) is 6.07 Å². The summed E-state index contributed by atoms with van der Waals surface area (Å²) in [6, 6.07) is 5.57. The van der Waals surface area contributed by atoms with Crippen molar-refractivity contribution in [3.63, 3.8) is 0 Å². The normalized spacial score (nSPS) is 15.8. The summed E-state index contributed by atoms with van der Waals surface area (Å²) < 4.78 is 50.0. The lowest BCUT2D eigenvalue weighted by Gasteiger charge is -2.27. The van der Waals surface area contributed by atoms with Crippen LogP contribution in [0.15, 0.2) is 42.0 Å². The molecule has 0 saturated carbocycles. The molecule has 1 N–H and O–H groups in total. The third-order valence-corrected chi connectivity index (χ3v) is 4.73. The van der Waals surface area contributed by atoms with E-state index in [4.69, 9.17) is 21.1 Å². The SMILES string of the molecule is CCOc1ccc(/C=C2/C(=O)NC(=O)N(c3cc(C(F)(F)F)ccc3Cl)C2=O)cc1OC. The topological polar surface area (TPSA) is 84.9 Å². The van der Waals surface area contributed by atoms with Gasteiger partial charge in [-0.05, 0) is 48.9 Å². The van der Waals surface area contributed by atoms with Crippen molar-refractivity contribution in [2.24, 2.45) is 0 Å². The van der Waals surface area contributed by atoms with Crippen LogP contribution in [0.25, 0.3) is 6.08 Å². The Morgan fingerprint density at radius 2 is 1.81 bits per heavy atom. The number of benzene rings is 2. The van der Waals surface area contributed by atoms with Gasteiger partial charge in [0.25, 0.3) is 11.8 Å². The second-order valence-electron chi connectivity index (χ2n) is 6.47. The summed E-state index contributed by atoms with van der Waals surface area (Å²) in [5.74, 6) is -1.37. The van der Waals surface area contributed by atoms with Crippen LogP contribution in [0.2, 0.25) is 5.02 Å². The molecule has 0 radical (unpaired) electrons. The number of amides is 4. The highest BCUT2D eigenvalue weighted by Crippen LogP contribution is 2.37. The van der Waals surface area contributed by atoms with Crippen molar-refractivity contribution in [1.29, 1.82) is 0 Å². The average Bonchev–Trinajstić information content (AvgIpc) is 2.72. The van der Waals surface area contributed by atoms with Crippen molar-refractivity contribution >= 4 is 41.2 Å². The maximum Gasteiger partial charge on any atom is 0.416 e. The van der Waals surface area contributed by atoms with E-state index in [1.54, 1.807) is 19.1 Å². The lowest BCUT2D eigenvalue weighted by Crippen LogP contribution is -2.54.